The minimum atomic E-state index is -2.36. The largest absolute Gasteiger partial charge is 0.760 e. The molecule has 7 heteroatoms. The zero-order valence-electron chi connectivity index (χ0n) is 7.43. The Labute approximate surface area is 87.9 Å². The first-order chi connectivity index (χ1) is 7.02. The molecule has 1 amide bonds. The van der Waals surface area contributed by atoms with Gasteiger partial charge < -0.3 is 9.87 Å². The van der Waals surface area contributed by atoms with E-state index < -0.39 is 23.0 Å². The van der Waals surface area contributed by atoms with Crippen molar-refractivity contribution in [2.24, 2.45) is 5.14 Å². The average Bonchev–Trinajstić information content (AvgIpc) is 2.43. The number of ketones is 1. The van der Waals surface area contributed by atoms with Crippen LogP contribution in [0.25, 0.3) is 0 Å². The van der Waals surface area contributed by atoms with Gasteiger partial charge in [0.05, 0.1) is 11.3 Å². The van der Waals surface area contributed by atoms with Gasteiger partial charge in [-0.15, -0.1) is 0 Å². The Hall–Kier alpha value is -1.57. The highest BCUT2D eigenvalue weighted by molar-refractivity contribution is 7.76. The maximum absolute atomic E-state index is 11.0. The monoisotopic (exact) mass is 227 g/mol. The summed E-state index contributed by atoms with van der Waals surface area (Å²) in [5.41, 5.74) is 1.08. The molecule has 0 bridgehead atoms. The van der Waals surface area contributed by atoms with E-state index in [0.29, 0.717) is 11.3 Å². The molecule has 0 radical (unpaired) electrons. The molecule has 2 rings (SSSR count). The maximum atomic E-state index is 11.0. The number of para-hydroxylation sites is 1. The lowest BCUT2D eigenvalue weighted by molar-refractivity contribution is -0.112. The van der Waals surface area contributed by atoms with Gasteiger partial charge in [0, 0.05) is 11.3 Å². The molecule has 0 spiro atoms. The fourth-order valence-corrected chi connectivity index (χ4v) is 1.09. The van der Waals surface area contributed by atoms with E-state index in [1.165, 1.54) is 0 Å². The molecule has 0 fully saturated rings. The summed E-state index contributed by atoms with van der Waals surface area (Å²) in [5, 5.41) is 6.49. The summed E-state index contributed by atoms with van der Waals surface area (Å²) in [5.74, 6) is -0.980. The minimum Gasteiger partial charge on any atom is -0.760 e. The van der Waals surface area contributed by atoms with Crippen LogP contribution in [0.2, 0.25) is 0 Å². The van der Waals surface area contributed by atoms with E-state index in [0.717, 1.165) is 0 Å². The van der Waals surface area contributed by atoms with Gasteiger partial charge in [-0.25, -0.2) is 0 Å². The molecule has 1 aliphatic heterocycles. The number of fused-ring (bicyclic) bond motifs is 1. The lowest BCUT2D eigenvalue weighted by atomic mass is 10.1. The second-order valence-corrected chi connectivity index (χ2v) is 3.11. The number of carbonyl (C=O) groups is 2. The number of anilines is 1. The molecule has 15 heavy (non-hydrogen) atoms. The predicted molar refractivity (Wildman–Crippen MR) is 52.5 cm³/mol. The lowest BCUT2D eigenvalue weighted by Crippen LogP contribution is -2.12. The SMILES string of the molecule is NS(=O)[O-].O=C1Nc2ccccc2C1=O. The zero-order valence-corrected chi connectivity index (χ0v) is 8.24. The van der Waals surface area contributed by atoms with Gasteiger partial charge in [-0.3, -0.25) is 18.9 Å². The number of hydrogen-bond donors (Lipinski definition) is 2. The molecule has 3 N–H and O–H groups in total. The first-order valence-electron chi connectivity index (χ1n) is 3.80. The third-order valence-electron chi connectivity index (χ3n) is 1.63. The Balaban J connectivity index is 0.000000245. The third-order valence-corrected chi connectivity index (χ3v) is 1.63. The normalized spacial score (nSPS) is 14.8. The van der Waals surface area contributed by atoms with Gasteiger partial charge >= 0.3 is 0 Å². The van der Waals surface area contributed by atoms with Crippen LogP contribution in [-0.4, -0.2) is 20.5 Å². The van der Waals surface area contributed by atoms with Crippen molar-refractivity contribution in [3.8, 4) is 0 Å². The summed E-state index contributed by atoms with van der Waals surface area (Å²) < 4.78 is 17.6. The van der Waals surface area contributed by atoms with Crippen molar-refractivity contribution in [2.45, 2.75) is 0 Å². The van der Waals surface area contributed by atoms with Gasteiger partial charge in [-0.1, -0.05) is 12.1 Å². The number of nitrogens with one attached hydrogen (secondary N) is 1. The number of benzene rings is 1. The third kappa shape index (κ3) is 2.94. The Morgan fingerprint density at radius 3 is 2.33 bits per heavy atom. The summed E-state index contributed by atoms with van der Waals surface area (Å²) in [6.45, 7) is 0. The minimum absolute atomic E-state index is 0.444. The van der Waals surface area contributed by atoms with Gasteiger partial charge in [-0.05, 0) is 12.1 Å². The van der Waals surface area contributed by atoms with E-state index in [9.17, 15) is 9.59 Å². The van der Waals surface area contributed by atoms with Crippen LogP contribution in [0.1, 0.15) is 10.4 Å². The molecule has 1 aromatic carbocycles. The fourth-order valence-electron chi connectivity index (χ4n) is 1.09. The molecule has 80 valence electrons. The van der Waals surface area contributed by atoms with Crippen LogP contribution >= 0.6 is 0 Å². The maximum Gasteiger partial charge on any atom is 0.296 e. The summed E-state index contributed by atoms with van der Waals surface area (Å²) in [6.07, 6.45) is 0. The van der Waals surface area contributed by atoms with Crippen molar-refractivity contribution < 1.29 is 18.4 Å². The molecule has 1 heterocycles. The highest BCUT2D eigenvalue weighted by atomic mass is 32.2. The molecule has 0 saturated heterocycles. The van der Waals surface area contributed by atoms with E-state index >= 15 is 0 Å². The number of amides is 1. The van der Waals surface area contributed by atoms with Crippen molar-refractivity contribution >= 4 is 28.6 Å². The summed E-state index contributed by atoms with van der Waals surface area (Å²) >= 11 is -2.36. The fraction of sp³-hybridized carbons (Fsp3) is 0. The van der Waals surface area contributed by atoms with Crippen molar-refractivity contribution in [3.05, 3.63) is 29.8 Å². The predicted octanol–water partition coefficient (Wildman–Crippen LogP) is -0.439. The summed E-state index contributed by atoms with van der Waals surface area (Å²) in [6, 6.07) is 6.85. The van der Waals surface area contributed by atoms with Crippen molar-refractivity contribution in [1.29, 1.82) is 0 Å². The number of nitrogens with two attached hydrogens (primary N) is 1. The number of carbonyl (C=O) groups excluding carboxylic acids is 2. The van der Waals surface area contributed by atoms with E-state index in [2.05, 4.69) is 10.5 Å². The van der Waals surface area contributed by atoms with Gasteiger partial charge in [-0.2, -0.15) is 0 Å². The Kier molecular flexibility index (Phi) is 3.67. The van der Waals surface area contributed by atoms with Crippen LogP contribution in [0.5, 0.6) is 0 Å². The molecule has 6 nitrogen and oxygen atoms in total. The smallest absolute Gasteiger partial charge is 0.296 e. The lowest BCUT2D eigenvalue weighted by Gasteiger charge is -1.91. The molecule has 1 atom stereocenters. The van der Waals surface area contributed by atoms with Gasteiger partial charge in [0.15, 0.2) is 0 Å². The topological polar surface area (TPSA) is 112 Å². The molecule has 1 unspecified atom stereocenters. The first kappa shape index (κ1) is 11.5. The number of hydrogen-bond acceptors (Lipinski definition) is 4. The molecule has 1 aromatic rings. The van der Waals surface area contributed by atoms with Gasteiger partial charge in [0.2, 0.25) is 0 Å². The van der Waals surface area contributed by atoms with E-state index in [1.54, 1.807) is 24.3 Å². The Bertz CT molecular complexity index is 428. The van der Waals surface area contributed by atoms with Crippen LogP contribution < -0.4 is 10.5 Å². The zero-order chi connectivity index (χ0) is 11.4. The standard InChI is InChI=1S/C8H5NO2.H3NO2S/c10-7-5-3-1-2-4-6(5)9-8(7)11;1-4(2)3/h1-4H,(H,9,10,11);1H2,(H,2,3)/p-1. The van der Waals surface area contributed by atoms with Crippen LogP contribution in [0, 0.1) is 0 Å². The van der Waals surface area contributed by atoms with Crippen LogP contribution in [0.15, 0.2) is 24.3 Å². The first-order valence-corrected chi connectivity index (χ1v) is 4.94. The van der Waals surface area contributed by atoms with Crippen LogP contribution in [0.3, 0.4) is 0 Å². The number of Topliss-reactive ketones (excluding diaryl/α,β-unsaturated/α-hetero) is 1. The highest BCUT2D eigenvalue weighted by Gasteiger charge is 2.26. The molecular weight excluding hydrogens is 220 g/mol. The molecule has 0 saturated carbocycles. The van der Waals surface area contributed by atoms with Gasteiger partial charge in [0.25, 0.3) is 11.7 Å². The van der Waals surface area contributed by atoms with Crippen molar-refractivity contribution in [1.82, 2.24) is 0 Å². The second-order valence-electron chi connectivity index (χ2n) is 2.59. The van der Waals surface area contributed by atoms with Crippen molar-refractivity contribution in [3.63, 3.8) is 0 Å². The molecule has 0 aromatic heterocycles. The molecule has 1 aliphatic rings. The highest BCUT2D eigenvalue weighted by Crippen LogP contribution is 2.21. The molecule has 0 aliphatic carbocycles. The molecular formula is C8H7N2O4S-. The van der Waals surface area contributed by atoms with Crippen LogP contribution in [0.4, 0.5) is 5.69 Å². The number of rotatable bonds is 0. The average molecular weight is 227 g/mol. The summed E-state index contributed by atoms with van der Waals surface area (Å²) in [7, 11) is 0. The van der Waals surface area contributed by atoms with Crippen molar-refractivity contribution in [2.75, 3.05) is 5.32 Å². The quantitative estimate of drug-likeness (QED) is 0.462. The van der Waals surface area contributed by atoms with Gasteiger partial charge in [0.1, 0.15) is 0 Å². The second kappa shape index (κ2) is 4.78. The van der Waals surface area contributed by atoms with E-state index in [-0.39, 0.29) is 0 Å². The Morgan fingerprint density at radius 2 is 1.80 bits per heavy atom. The van der Waals surface area contributed by atoms with E-state index in [1.807, 2.05) is 0 Å². The van der Waals surface area contributed by atoms with E-state index in [4.69, 9.17) is 8.76 Å². The summed E-state index contributed by atoms with van der Waals surface area (Å²) in [4.78, 5) is 21.8. The van der Waals surface area contributed by atoms with Crippen LogP contribution in [-0.2, 0) is 16.1 Å². The Morgan fingerprint density at radius 1 is 1.27 bits per heavy atom.